The van der Waals surface area contributed by atoms with Crippen LogP contribution in [0, 0.1) is 0 Å². The van der Waals surface area contributed by atoms with E-state index in [1.807, 2.05) is 26.0 Å². The van der Waals surface area contributed by atoms with Crippen molar-refractivity contribution in [3.05, 3.63) is 24.3 Å². The van der Waals surface area contributed by atoms with Crippen molar-refractivity contribution in [2.24, 2.45) is 0 Å². The third-order valence-electron chi connectivity index (χ3n) is 1.43. The number of aliphatic hydroxyl groups excluding tert-OH is 1. The van der Waals surface area contributed by atoms with E-state index in [1.54, 1.807) is 0 Å². The minimum atomic E-state index is -0.264. The van der Waals surface area contributed by atoms with Crippen LogP contribution in [0.25, 0.3) is 0 Å². The summed E-state index contributed by atoms with van der Waals surface area (Å²) in [6.07, 6.45) is 6.37. The second-order valence-corrected chi connectivity index (χ2v) is 3.03. The van der Waals surface area contributed by atoms with Crippen LogP contribution in [-0.2, 0) is 0 Å². The first kappa shape index (κ1) is 10.4. The number of allylic oxidation sites excluding steroid dienone is 2. The van der Waals surface area contributed by atoms with Crippen LogP contribution in [0.15, 0.2) is 24.3 Å². The largest absolute Gasteiger partial charge is 0.389 e. The van der Waals surface area contributed by atoms with E-state index in [-0.39, 0.29) is 6.10 Å². The number of aliphatic hydroxyl groups is 1. The van der Waals surface area contributed by atoms with Gasteiger partial charge in [-0.1, -0.05) is 17.7 Å². The summed E-state index contributed by atoms with van der Waals surface area (Å²) in [5.74, 6) is 0. The van der Waals surface area contributed by atoms with Crippen LogP contribution in [-0.4, -0.2) is 11.2 Å². The van der Waals surface area contributed by atoms with Crippen molar-refractivity contribution in [1.82, 2.24) is 0 Å². The summed E-state index contributed by atoms with van der Waals surface area (Å²) < 4.78 is 0. The highest BCUT2D eigenvalue weighted by molar-refractivity contribution is 4.97. The van der Waals surface area contributed by atoms with Gasteiger partial charge in [-0.15, -0.1) is 6.58 Å². The molecule has 1 heteroatoms. The topological polar surface area (TPSA) is 20.2 Å². The Bertz CT molecular complexity index is 132. The van der Waals surface area contributed by atoms with E-state index in [9.17, 15) is 5.11 Å². The Morgan fingerprint density at radius 3 is 2.64 bits per heavy atom. The summed E-state index contributed by atoms with van der Waals surface area (Å²) in [7, 11) is 0. The average molecular weight is 154 g/mol. The summed E-state index contributed by atoms with van der Waals surface area (Å²) in [5.41, 5.74) is 1.18. The molecule has 1 N–H and O–H groups in total. The summed E-state index contributed by atoms with van der Waals surface area (Å²) in [6.45, 7) is 7.61. The smallest absolute Gasteiger partial charge is 0.0723 e. The monoisotopic (exact) mass is 154 g/mol. The van der Waals surface area contributed by atoms with Crippen molar-refractivity contribution in [2.45, 2.75) is 39.2 Å². The van der Waals surface area contributed by atoms with E-state index in [0.29, 0.717) is 0 Å². The molecule has 0 aliphatic carbocycles. The van der Waals surface area contributed by atoms with E-state index in [4.69, 9.17) is 0 Å². The summed E-state index contributed by atoms with van der Waals surface area (Å²) in [6, 6.07) is 0. The molecule has 0 bridgehead atoms. The van der Waals surface area contributed by atoms with Gasteiger partial charge in [0.1, 0.15) is 0 Å². The second-order valence-electron chi connectivity index (χ2n) is 3.03. The molecular weight excluding hydrogens is 136 g/mol. The van der Waals surface area contributed by atoms with Gasteiger partial charge >= 0.3 is 0 Å². The molecule has 11 heavy (non-hydrogen) atoms. The molecule has 0 aliphatic rings. The fraction of sp³-hybridized carbons (Fsp3) is 0.600. The zero-order chi connectivity index (χ0) is 8.69. The van der Waals surface area contributed by atoms with Crippen LogP contribution >= 0.6 is 0 Å². The van der Waals surface area contributed by atoms with Crippen molar-refractivity contribution in [3.8, 4) is 0 Å². The third kappa shape index (κ3) is 7.34. The van der Waals surface area contributed by atoms with Gasteiger partial charge < -0.3 is 5.11 Å². The molecule has 0 radical (unpaired) electrons. The van der Waals surface area contributed by atoms with Crippen LogP contribution in [0.3, 0.4) is 0 Å². The van der Waals surface area contributed by atoms with Crippen LogP contribution < -0.4 is 0 Å². The lowest BCUT2D eigenvalue weighted by molar-refractivity contribution is 0.209. The summed E-state index contributed by atoms with van der Waals surface area (Å²) in [5, 5.41) is 9.34. The predicted octanol–water partition coefficient (Wildman–Crippen LogP) is 2.67. The highest BCUT2D eigenvalue weighted by Crippen LogP contribution is 2.04. The average Bonchev–Trinajstić information content (AvgIpc) is 1.86. The van der Waals surface area contributed by atoms with E-state index < -0.39 is 0 Å². The summed E-state index contributed by atoms with van der Waals surface area (Å²) in [4.78, 5) is 0. The van der Waals surface area contributed by atoms with Gasteiger partial charge in [-0.25, -0.2) is 0 Å². The van der Waals surface area contributed by atoms with Gasteiger partial charge in [0.15, 0.2) is 0 Å². The fourth-order valence-corrected chi connectivity index (χ4v) is 0.939. The highest BCUT2D eigenvalue weighted by Gasteiger charge is 1.97. The van der Waals surface area contributed by atoms with Crippen molar-refractivity contribution in [3.63, 3.8) is 0 Å². The lowest BCUT2D eigenvalue weighted by atomic mass is 10.1. The maximum Gasteiger partial charge on any atom is 0.0723 e. The third-order valence-corrected chi connectivity index (χ3v) is 1.43. The molecule has 0 spiro atoms. The van der Waals surface area contributed by atoms with Crippen molar-refractivity contribution < 1.29 is 5.11 Å². The first-order valence-electron chi connectivity index (χ1n) is 4.10. The van der Waals surface area contributed by atoms with Crippen LogP contribution in [0.5, 0.6) is 0 Å². The zero-order valence-corrected chi connectivity index (χ0v) is 7.51. The van der Waals surface area contributed by atoms with Gasteiger partial charge in [-0.05, 0) is 33.1 Å². The Morgan fingerprint density at radius 1 is 1.55 bits per heavy atom. The lowest BCUT2D eigenvalue weighted by Gasteiger charge is -2.03. The number of rotatable bonds is 5. The molecule has 0 heterocycles. The van der Waals surface area contributed by atoms with Gasteiger partial charge in [0, 0.05) is 0 Å². The molecule has 0 fully saturated rings. The first-order valence-corrected chi connectivity index (χ1v) is 4.10. The Kier molecular flexibility index (Phi) is 5.86. The van der Waals surface area contributed by atoms with Gasteiger partial charge in [-0.3, -0.25) is 0 Å². The molecule has 0 saturated carbocycles. The predicted molar refractivity (Wildman–Crippen MR) is 49.5 cm³/mol. The first-order chi connectivity index (χ1) is 5.16. The Labute approximate surface area is 69.4 Å². The van der Waals surface area contributed by atoms with Crippen molar-refractivity contribution in [1.29, 1.82) is 0 Å². The number of hydrogen-bond donors (Lipinski definition) is 1. The SMILES string of the molecule is C=CCCCC(O)C=C(C)C. The molecule has 0 aromatic heterocycles. The minimum Gasteiger partial charge on any atom is -0.389 e. The maximum atomic E-state index is 9.34. The molecule has 0 rings (SSSR count). The normalized spacial score (nSPS) is 12.3. The molecule has 0 amide bonds. The molecule has 0 aromatic rings. The minimum absolute atomic E-state index is 0.264. The molecular formula is C10H18O. The number of unbranched alkanes of at least 4 members (excludes halogenated alkanes) is 1. The molecule has 1 nitrogen and oxygen atoms in total. The van der Waals surface area contributed by atoms with Crippen LogP contribution in [0.2, 0.25) is 0 Å². The van der Waals surface area contributed by atoms with E-state index >= 15 is 0 Å². The molecule has 64 valence electrons. The van der Waals surface area contributed by atoms with Crippen LogP contribution in [0.1, 0.15) is 33.1 Å². The van der Waals surface area contributed by atoms with Gasteiger partial charge in [-0.2, -0.15) is 0 Å². The quantitative estimate of drug-likeness (QED) is 0.477. The Hall–Kier alpha value is -0.560. The molecule has 0 aromatic carbocycles. The second kappa shape index (κ2) is 6.17. The molecule has 1 atom stereocenters. The van der Waals surface area contributed by atoms with Crippen LogP contribution in [0.4, 0.5) is 0 Å². The van der Waals surface area contributed by atoms with E-state index in [1.165, 1.54) is 5.57 Å². The Balaban J connectivity index is 3.44. The highest BCUT2D eigenvalue weighted by atomic mass is 16.3. The molecule has 0 aliphatic heterocycles. The Morgan fingerprint density at radius 2 is 2.18 bits per heavy atom. The fourth-order valence-electron chi connectivity index (χ4n) is 0.939. The van der Waals surface area contributed by atoms with Crippen molar-refractivity contribution >= 4 is 0 Å². The van der Waals surface area contributed by atoms with E-state index in [2.05, 4.69) is 6.58 Å². The molecule has 1 unspecified atom stereocenters. The van der Waals surface area contributed by atoms with Gasteiger partial charge in [0.2, 0.25) is 0 Å². The lowest BCUT2D eigenvalue weighted by Crippen LogP contribution is -2.01. The standard InChI is InChI=1S/C10H18O/c1-4-5-6-7-10(11)8-9(2)3/h4,8,10-11H,1,5-7H2,2-3H3. The number of hydrogen-bond acceptors (Lipinski definition) is 1. The van der Waals surface area contributed by atoms with E-state index in [0.717, 1.165) is 19.3 Å². The van der Waals surface area contributed by atoms with Crippen molar-refractivity contribution in [2.75, 3.05) is 0 Å². The summed E-state index contributed by atoms with van der Waals surface area (Å²) >= 11 is 0. The maximum absolute atomic E-state index is 9.34. The van der Waals surface area contributed by atoms with Gasteiger partial charge in [0.05, 0.1) is 6.10 Å². The van der Waals surface area contributed by atoms with Gasteiger partial charge in [0.25, 0.3) is 0 Å². The zero-order valence-electron chi connectivity index (χ0n) is 7.51. The molecule has 0 saturated heterocycles.